The molecule has 1 radical (unpaired) electrons. The fourth-order valence-electron chi connectivity index (χ4n) is 1.91. The third kappa shape index (κ3) is 6.43. The van der Waals surface area contributed by atoms with Crippen molar-refractivity contribution >= 4 is 12.0 Å². The number of carbonyl (C=O) groups excluding carboxylic acids is 1. The van der Waals surface area contributed by atoms with Crippen molar-refractivity contribution in [2.45, 2.75) is 6.42 Å². The van der Waals surface area contributed by atoms with Gasteiger partial charge in [0.2, 0.25) is 0 Å². The molecule has 2 aromatic carbocycles. The van der Waals surface area contributed by atoms with E-state index in [1.54, 1.807) is 18.2 Å². The summed E-state index contributed by atoms with van der Waals surface area (Å²) in [5, 5.41) is 9.53. The molecule has 0 aliphatic rings. The Morgan fingerprint density at radius 3 is 2.38 bits per heavy atom. The summed E-state index contributed by atoms with van der Waals surface area (Å²) < 4.78 is 12.6. The van der Waals surface area contributed by atoms with Crippen LogP contribution in [0.2, 0.25) is 0 Å². The molecule has 0 bridgehead atoms. The van der Waals surface area contributed by atoms with Crippen LogP contribution >= 0.6 is 0 Å². The molecule has 0 aliphatic heterocycles. The van der Waals surface area contributed by atoms with Gasteiger partial charge in [0.25, 0.3) is 0 Å². The molecule has 0 saturated heterocycles. The molecule has 3 aromatic rings. The van der Waals surface area contributed by atoms with Crippen LogP contribution in [0.4, 0.5) is 10.1 Å². The summed E-state index contributed by atoms with van der Waals surface area (Å²) in [5.74, 6) is -0.253. The largest absolute Gasteiger partial charge is 1.00 e. The normalized spacial score (nSPS) is 9.25. The standard InChI is InChI=1S/C11H9FN2O.C7H8N.Ru/c12-9-3-1-8(2-4-9)5-10-6-11(7-15)14-13-10;1-8-7-5-3-2-4-6-7;/h1-4,6-7H,5H2,(H,13,14);3-6,8H,1H3;/q;-1;+1. The number of aromatic nitrogens is 2. The summed E-state index contributed by atoms with van der Waals surface area (Å²) in [5.41, 5.74) is 3.32. The second-order valence-corrected chi connectivity index (χ2v) is 4.78. The number of nitrogens with zero attached hydrogens (tertiary/aromatic N) is 1. The molecule has 0 spiro atoms. The molecule has 1 aromatic heterocycles. The van der Waals surface area contributed by atoms with Crippen molar-refractivity contribution in [3.63, 3.8) is 0 Å². The zero-order chi connectivity index (χ0) is 16.5. The van der Waals surface area contributed by atoms with Crippen LogP contribution in [0.5, 0.6) is 0 Å². The molecule has 0 unspecified atom stereocenters. The molecule has 0 aliphatic carbocycles. The molecule has 24 heavy (non-hydrogen) atoms. The van der Waals surface area contributed by atoms with Crippen LogP contribution in [0.1, 0.15) is 21.7 Å². The first-order chi connectivity index (χ1) is 11.2. The Bertz CT molecular complexity index is 730. The van der Waals surface area contributed by atoms with Gasteiger partial charge in [0.1, 0.15) is 11.5 Å². The number of hydrogen-bond donors (Lipinski definition) is 2. The number of benzene rings is 2. The average Bonchev–Trinajstić information content (AvgIpc) is 3.06. The predicted molar refractivity (Wildman–Crippen MR) is 88.0 cm³/mol. The number of nitrogens with one attached hydrogen (secondary N) is 2. The number of halogens is 1. The van der Waals surface area contributed by atoms with Crippen molar-refractivity contribution < 1.29 is 28.7 Å². The fraction of sp³-hybridized carbons (Fsp3) is 0.111. The quantitative estimate of drug-likeness (QED) is 0.393. The Kier molecular flexibility index (Phi) is 8.58. The monoisotopic (exact) mass is 412 g/mol. The number of H-pyrrole nitrogens is 1. The Hall–Kier alpha value is -2.33. The average molecular weight is 411 g/mol. The van der Waals surface area contributed by atoms with Gasteiger partial charge in [-0.2, -0.15) is 23.3 Å². The molecule has 4 nitrogen and oxygen atoms in total. The predicted octanol–water partition coefficient (Wildman–Crippen LogP) is 3.48. The first-order valence-corrected chi connectivity index (χ1v) is 7.09. The Labute approximate surface area is 153 Å². The van der Waals surface area contributed by atoms with Crippen molar-refractivity contribution in [2.24, 2.45) is 0 Å². The van der Waals surface area contributed by atoms with Crippen LogP contribution in [0.3, 0.4) is 0 Å². The van der Waals surface area contributed by atoms with Crippen molar-refractivity contribution in [3.8, 4) is 0 Å². The zero-order valence-electron chi connectivity index (χ0n) is 13.1. The SMILES string of the molecule is CNc1cc[c-]cc1.O=Cc1cc(Cc2ccc(F)cc2)[nH]n1.[Ru+]. The van der Waals surface area contributed by atoms with E-state index < -0.39 is 0 Å². The van der Waals surface area contributed by atoms with Crippen molar-refractivity contribution in [3.05, 3.63) is 83.4 Å². The summed E-state index contributed by atoms with van der Waals surface area (Å²) in [4.78, 5) is 10.4. The van der Waals surface area contributed by atoms with Gasteiger partial charge in [-0.1, -0.05) is 17.8 Å². The molecule has 0 saturated carbocycles. The van der Waals surface area contributed by atoms with Crippen LogP contribution in [0.15, 0.2) is 54.6 Å². The Morgan fingerprint density at radius 1 is 1.21 bits per heavy atom. The summed E-state index contributed by atoms with van der Waals surface area (Å²) in [6, 6.07) is 18.5. The molecular formula is C18H17FN3ORu. The number of hydrogen-bond acceptors (Lipinski definition) is 3. The van der Waals surface area contributed by atoms with E-state index in [9.17, 15) is 9.18 Å². The zero-order valence-corrected chi connectivity index (χ0v) is 14.8. The first kappa shape index (κ1) is 19.7. The number of carbonyl (C=O) groups is 1. The van der Waals surface area contributed by atoms with Crippen molar-refractivity contribution in [1.29, 1.82) is 0 Å². The van der Waals surface area contributed by atoms with E-state index in [0.29, 0.717) is 18.4 Å². The van der Waals surface area contributed by atoms with Gasteiger partial charge >= 0.3 is 19.5 Å². The van der Waals surface area contributed by atoms with Gasteiger partial charge in [-0.3, -0.25) is 9.89 Å². The summed E-state index contributed by atoms with van der Waals surface area (Å²) in [6.07, 6.45) is 1.30. The van der Waals surface area contributed by atoms with Gasteiger partial charge in [0, 0.05) is 19.2 Å². The number of anilines is 1. The van der Waals surface area contributed by atoms with Gasteiger partial charge in [-0.15, -0.1) is 12.1 Å². The minimum Gasteiger partial charge on any atom is -0.409 e. The molecule has 0 amide bonds. The van der Waals surface area contributed by atoms with Crippen LogP contribution in [0, 0.1) is 11.9 Å². The molecular weight excluding hydrogens is 394 g/mol. The molecule has 2 N–H and O–H groups in total. The maximum atomic E-state index is 12.6. The Balaban J connectivity index is 0.000000273. The summed E-state index contributed by atoms with van der Waals surface area (Å²) in [6.45, 7) is 0. The van der Waals surface area contributed by atoms with Gasteiger partial charge in [0.15, 0.2) is 6.29 Å². The van der Waals surface area contributed by atoms with E-state index in [2.05, 4.69) is 21.6 Å². The molecule has 0 fully saturated rings. The van der Waals surface area contributed by atoms with Crippen LogP contribution in [0.25, 0.3) is 0 Å². The summed E-state index contributed by atoms with van der Waals surface area (Å²) >= 11 is 0. The third-order valence-corrected chi connectivity index (χ3v) is 3.09. The first-order valence-electron chi connectivity index (χ1n) is 7.09. The van der Waals surface area contributed by atoms with Gasteiger partial charge in [-0.05, 0) is 23.8 Å². The minimum absolute atomic E-state index is 0. The minimum atomic E-state index is -0.253. The van der Waals surface area contributed by atoms with E-state index in [4.69, 9.17) is 0 Å². The number of aldehydes is 1. The molecule has 6 heteroatoms. The fourth-order valence-corrected chi connectivity index (χ4v) is 1.91. The van der Waals surface area contributed by atoms with Crippen LogP contribution < -0.4 is 5.32 Å². The molecule has 0 atom stereocenters. The van der Waals surface area contributed by atoms with Crippen molar-refractivity contribution in [1.82, 2.24) is 10.2 Å². The van der Waals surface area contributed by atoms with E-state index in [-0.39, 0.29) is 25.3 Å². The number of rotatable bonds is 4. The van der Waals surface area contributed by atoms with E-state index in [0.717, 1.165) is 16.9 Å². The van der Waals surface area contributed by atoms with Crippen LogP contribution in [-0.2, 0) is 25.9 Å². The van der Waals surface area contributed by atoms with E-state index >= 15 is 0 Å². The third-order valence-electron chi connectivity index (χ3n) is 3.09. The Morgan fingerprint density at radius 2 is 1.88 bits per heavy atom. The maximum Gasteiger partial charge on any atom is 1.00 e. The van der Waals surface area contributed by atoms with Crippen molar-refractivity contribution in [2.75, 3.05) is 12.4 Å². The molecule has 125 valence electrons. The second-order valence-electron chi connectivity index (χ2n) is 4.78. The smallest absolute Gasteiger partial charge is 0.409 e. The van der Waals surface area contributed by atoms with Gasteiger partial charge < -0.3 is 5.32 Å². The van der Waals surface area contributed by atoms with Crippen LogP contribution in [-0.4, -0.2) is 23.5 Å². The molecule has 3 rings (SSSR count). The van der Waals surface area contributed by atoms with Gasteiger partial charge in [-0.25, -0.2) is 4.39 Å². The summed E-state index contributed by atoms with van der Waals surface area (Å²) in [7, 11) is 1.90. The van der Waals surface area contributed by atoms with E-state index in [1.165, 1.54) is 12.1 Å². The second kappa shape index (κ2) is 10.4. The van der Waals surface area contributed by atoms with Gasteiger partial charge in [0.05, 0.1) is 0 Å². The topological polar surface area (TPSA) is 57.8 Å². The maximum absolute atomic E-state index is 12.6. The van der Waals surface area contributed by atoms with E-state index in [1.807, 2.05) is 31.3 Å². The number of aromatic amines is 1. The molecule has 1 heterocycles.